The van der Waals surface area contributed by atoms with Crippen molar-refractivity contribution < 1.29 is 14.3 Å². The number of aliphatic imine (C=N–C) groups is 1. The lowest BCUT2D eigenvalue weighted by molar-refractivity contribution is -0.120. The smallest absolute Gasteiger partial charge is 0.254 e. The van der Waals surface area contributed by atoms with E-state index in [1.807, 2.05) is 32.2 Å². The highest BCUT2D eigenvalue weighted by atomic mass is 16.5. The fourth-order valence-electron chi connectivity index (χ4n) is 8.30. The predicted molar refractivity (Wildman–Crippen MR) is 203 cm³/mol. The summed E-state index contributed by atoms with van der Waals surface area (Å²) in [5, 5.41) is 3.13. The molecule has 10 heteroatoms. The van der Waals surface area contributed by atoms with Crippen LogP contribution in [0.3, 0.4) is 0 Å². The van der Waals surface area contributed by atoms with E-state index in [4.69, 9.17) is 9.72 Å². The summed E-state index contributed by atoms with van der Waals surface area (Å²) in [5.41, 5.74) is 6.36. The summed E-state index contributed by atoms with van der Waals surface area (Å²) in [6.07, 6.45) is 10.1. The van der Waals surface area contributed by atoms with Gasteiger partial charge in [0.2, 0.25) is 0 Å². The fourth-order valence-corrected chi connectivity index (χ4v) is 8.30. The molecule has 3 saturated heterocycles. The molecule has 2 amide bonds. The van der Waals surface area contributed by atoms with E-state index in [2.05, 4.69) is 69.0 Å². The van der Waals surface area contributed by atoms with Gasteiger partial charge in [0, 0.05) is 93.3 Å². The Bertz CT molecular complexity index is 1550. The third kappa shape index (κ3) is 8.30. The number of ether oxygens (including phenoxy) is 1. The molecule has 3 fully saturated rings. The van der Waals surface area contributed by atoms with E-state index in [-0.39, 0.29) is 18.4 Å². The Hall–Kier alpha value is -3.60. The lowest BCUT2D eigenvalue weighted by Gasteiger charge is -2.42. The number of piperidine rings is 1. The molecule has 0 bridgehead atoms. The molecule has 1 N–H and O–H groups in total. The van der Waals surface area contributed by atoms with Gasteiger partial charge in [0.25, 0.3) is 11.8 Å². The first-order valence-electron chi connectivity index (χ1n) is 19.0. The van der Waals surface area contributed by atoms with Crippen LogP contribution in [0.2, 0.25) is 0 Å². The molecule has 0 saturated carbocycles. The first-order chi connectivity index (χ1) is 24.2. The summed E-state index contributed by atoms with van der Waals surface area (Å²) in [5.74, 6) is 0.231. The number of hydrogen-bond acceptors (Lipinski definition) is 8. The number of pyridine rings is 1. The van der Waals surface area contributed by atoms with Crippen molar-refractivity contribution in [1.82, 2.24) is 20.1 Å². The van der Waals surface area contributed by atoms with Crippen molar-refractivity contribution in [3.63, 3.8) is 0 Å². The second-order valence-electron chi connectivity index (χ2n) is 14.6. The summed E-state index contributed by atoms with van der Waals surface area (Å²) >= 11 is 0. The minimum atomic E-state index is -0.428. The maximum Gasteiger partial charge on any atom is 0.254 e. The number of benzene rings is 1. The monoisotopic (exact) mass is 683 g/mol. The average molecular weight is 684 g/mol. The summed E-state index contributed by atoms with van der Waals surface area (Å²) in [6, 6.07) is 9.55. The highest BCUT2D eigenvalue weighted by molar-refractivity contribution is 6.06. The molecular weight excluding hydrogens is 626 g/mol. The fraction of sp³-hybridized carbons (Fsp3) is 0.600. The van der Waals surface area contributed by atoms with E-state index in [1.165, 1.54) is 25.9 Å². The largest absolute Gasteiger partial charge is 0.381 e. The normalized spacial score (nSPS) is 21.6. The Morgan fingerprint density at radius 1 is 0.980 bits per heavy atom. The third-order valence-corrected chi connectivity index (χ3v) is 11.3. The zero-order valence-electron chi connectivity index (χ0n) is 30.9. The van der Waals surface area contributed by atoms with Crippen molar-refractivity contribution in [2.45, 2.75) is 78.3 Å². The number of anilines is 2. The molecule has 5 heterocycles. The van der Waals surface area contributed by atoms with Crippen LogP contribution < -0.4 is 15.1 Å². The van der Waals surface area contributed by atoms with Crippen molar-refractivity contribution >= 4 is 29.0 Å². The molecule has 1 aromatic heterocycles. The van der Waals surface area contributed by atoms with Gasteiger partial charge in [0.15, 0.2) is 0 Å². The van der Waals surface area contributed by atoms with Crippen LogP contribution in [0, 0.1) is 12.8 Å². The lowest BCUT2D eigenvalue weighted by Crippen LogP contribution is -2.53. The average Bonchev–Trinajstić information content (AvgIpc) is 3.13. The van der Waals surface area contributed by atoms with Crippen molar-refractivity contribution in [2.75, 3.05) is 82.4 Å². The first kappa shape index (κ1) is 36.2. The Morgan fingerprint density at radius 2 is 1.72 bits per heavy atom. The second kappa shape index (κ2) is 16.6. The second-order valence-corrected chi connectivity index (χ2v) is 14.6. The number of dihydropyridines is 1. The molecule has 270 valence electrons. The molecule has 0 aliphatic carbocycles. The highest BCUT2D eigenvalue weighted by Crippen LogP contribution is 2.34. The van der Waals surface area contributed by atoms with Crippen LogP contribution in [0.25, 0.3) is 11.1 Å². The summed E-state index contributed by atoms with van der Waals surface area (Å²) in [7, 11) is 2.22. The zero-order chi connectivity index (χ0) is 35.2. The Kier molecular flexibility index (Phi) is 12.0. The van der Waals surface area contributed by atoms with Crippen LogP contribution in [0.15, 0.2) is 47.1 Å². The molecule has 1 unspecified atom stereocenters. The van der Waals surface area contributed by atoms with Crippen molar-refractivity contribution in [3.05, 3.63) is 53.2 Å². The molecule has 1 aromatic carbocycles. The molecule has 0 spiro atoms. The van der Waals surface area contributed by atoms with Gasteiger partial charge in [-0.15, -0.1) is 0 Å². The van der Waals surface area contributed by atoms with Crippen LogP contribution >= 0.6 is 0 Å². The maximum atomic E-state index is 14.0. The standard InChI is InChI=1S/C40H57N7O3/c1-6-8-30-23-28(3)43-40(49)36(30)27-42-39(48)35-24-32(25-37(29(35)4)47(7-2)34-13-21-50-22-14-34)31-9-10-38(41-26-31)46-19-17-45(18-20-46)33-11-15-44(5)16-12-33/h9-10,23-26,33-34,36H,6-8,11-22,27H2,1-5H3,(H,42,48). The van der Waals surface area contributed by atoms with Crippen LogP contribution in [-0.4, -0.2) is 117 Å². The van der Waals surface area contributed by atoms with E-state index in [0.717, 1.165) is 111 Å². The van der Waals surface area contributed by atoms with Crippen LogP contribution in [-0.2, 0) is 9.53 Å². The number of piperazine rings is 1. The van der Waals surface area contributed by atoms with Crippen LogP contribution in [0.5, 0.6) is 0 Å². The van der Waals surface area contributed by atoms with Gasteiger partial charge < -0.3 is 24.8 Å². The SMILES string of the molecule is CCCC1=CC(C)=NC(=O)C1CNC(=O)c1cc(-c2ccc(N3CCN(C4CCN(C)CC4)CC3)nc2)cc(N(CC)C2CCOCC2)c1C. The molecule has 0 radical (unpaired) electrons. The Labute approximate surface area is 298 Å². The molecule has 2 aromatic rings. The Balaban J connectivity index is 1.22. The number of likely N-dealkylation sites (tertiary alicyclic amines) is 1. The molecule has 1 atom stereocenters. The third-order valence-electron chi connectivity index (χ3n) is 11.3. The molecule has 10 nitrogen and oxygen atoms in total. The van der Waals surface area contributed by atoms with E-state index in [1.54, 1.807) is 0 Å². The summed E-state index contributed by atoms with van der Waals surface area (Å²) < 4.78 is 5.70. The zero-order valence-corrected chi connectivity index (χ0v) is 30.9. The van der Waals surface area contributed by atoms with E-state index >= 15 is 0 Å². The number of rotatable bonds is 11. The predicted octanol–water partition coefficient (Wildman–Crippen LogP) is 5.35. The minimum Gasteiger partial charge on any atom is -0.381 e. The van der Waals surface area contributed by atoms with Gasteiger partial charge in [0.1, 0.15) is 5.82 Å². The Morgan fingerprint density at radius 3 is 2.38 bits per heavy atom. The molecule has 6 rings (SSSR count). The van der Waals surface area contributed by atoms with Gasteiger partial charge >= 0.3 is 0 Å². The van der Waals surface area contributed by atoms with Gasteiger partial charge in [-0.3, -0.25) is 14.5 Å². The number of carbonyl (C=O) groups excluding carboxylic acids is 2. The topological polar surface area (TPSA) is 93.6 Å². The number of nitrogens with zero attached hydrogens (tertiary/aromatic N) is 6. The van der Waals surface area contributed by atoms with Gasteiger partial charge in [-0.1, -0.05) is 18.9 Å². The molecule has 4 aliphatic rings. The molecule has 4 aliphatic heterocycles. The van der Waals surface area contributed by atoms with Crippen LogP contribution in [0.1, 0.15) is 75.2 Å². The number of allylic oxidation sites excluding steroid dienone is 1. The minimum absolute atomic E-state index is 0.171. The number of nitrogens with one attached hydrogen (secondary N) is 1. The highest BCUT2D eigenvalue weighted by Gasteiger charge is 2.29. The van der Waals surface area contributed by atoms with Gasteiger partial charge in [-0.2, -0.15) is 0 Å². The van der Waals surface area contributed by atoms with Crippen molar-refractivity contribution in [1.29, 1.82) is 0 Å². The molecule has 50 heavy (non-hydrogen) atoms. The maximum absolute atomic E-state index is 14.0. The summed E-state index contributed by atoms with van der Waals surface area (Å²) in [4.78, 5) is 46.1. The van der Waals surface area contributed by atoms with E-state index in [0.29, 0.717) is 17.6 Å². The number of aromatic nitrogens is 1. The lowest BCUT2D eigenvalue weighted by atomic mass is 9.90. The number of carbonyl (C=O) groups is 2. The van der Waals surface area contributed by atoms with E-state index in [9.17, 15) is 9.59 Å². The van der Waals surface area contributed by atoms with Crippen molar-refractivity contribution in [2.24, 2.45) is 10.9 Å². The molecular formula is C40H57N7O3. The van der Waals surface area contributed by atoms with Crippen molar-refractivity contribution in [3.8, 4) is 11.1 Å². The quantitative estimate of drug-likeness (QED) is 0.339. The van der Waals surface area contributed by atoms with Gasteiger partial charge in [-0.05, 0) is 114 Å². The van der Waals surface area contributed by atoms with Crippen LogP contribution in [0.4, 0.5) is 11.5 Å². The first-order valence-corrected chi connectivity index (χ1v) is 19.0. The van der Waals surface area contributed by atoms with Gasteiger partial charge in [0.05, 0.1) is 5.92 Å². The van der Waals surface area contributed by atoms with Gasteiger partial charge in [-0.25, -0.2) is 9.98 Å². The number of amides is 2. The number of hydrogen-bond donors (Lipinski definition) is 1. The van der Waals surface area contributed by atoms with E-state index < -0.39 is 5.92 Å². The summed E-state index contributed by atoms with van der Waals surface area (Å²) in [6.45, 7) is 17.2.